The van der Waals surface area contributed by atoms with Crippen molar-refractivity contribution in [2.45, 2.75) is 56.1 Å². The number of carbonyl (C=O) groups excluding carboxylic acids is 2. The molecule has 2 unspecified atom stereocenters. The summed E-state index contributed by atoms with van der Waals surface area (Å²) in [5.74, 6) is 1.89. The van der Waals surface area contributed by atoms with Gasteiger partial charge >= 0.3 is 0 Å². The molecule has 7 nitrogen and oxygen atoms in total. The lowest BCUT2D eigenvalue weighted by Gasteiger charge is -2.37. The summed E-state index contributed by atoms with van der Waals surface area (Å²) < 4.78 is 33.5. The van der Waals surface area contributed by atoms with Crippen molar-refractivity contribution in [2.75, 3.05) is 37.7 Å². The first-order chi connectivity index (χ1) is 15.4. The maximum atomic E-state index is 13.5. The lowest BCUT2D eigenvalue weighted by molar-refractivity contribution is -0.140. The number of hydrogen-bond acceptors (Lipinski definition) is 6. The fraction of sp³-hybridized carbons (Fsp3) is 0.652. The highest BCUT2D eigenvalue weighted by molar-refractivity contribution is 7.99. The number of rotatable bonds is 7. The van der Waals surface area contributed by atoms with Gasteiger partial charge in [0.1, 0.15) is 0 Å². The Labute approximate surface area is 194 Å². The Bertz CT molecular complexity index is 931. The van der Waals surface area contributed by atoms with Crippen LogP contribution in [-0.2, 0) is 19.6 Å². The molecule has 1 aromatic rings. The van der Waals surface area contributed by atoms with E-state index >= 15 is 0 Å². The molecule has 3 aliphatic heterocycles. The summed E-state index contributed by atoms with van der Waals surface area (Å²) in [7, 11) is -3.69. The molecule has 9 heteroatoms. The topological polar surface area (TPSA) is 84.0 Å². The van der Waals surface area contributed by atoms with Gasteiger partial charge in [0.15, 0.2) is 5.78 Å². The Kier molecular flexibility index (Phi) is 7.59. The van der Waals surface area contributed by atoms with Crippen LogP contribution in [0.1, 0.15) is 49.4 Å². The number of piperidine rings is 1. The highest BCUT2D eigenvalue weighted by Crippen LogP contribution is 2.30. The van der Waals surface area contributed by atoms with Crippen molar-refractivity contribution in [3.05, 3.63) is 29.8 Å². The molecule has 4 rings (SSSR count). The molecule has 0 aliphatic carbocycles. The average molecular weight is 481 g/mol. The minimum Gasteiger partial charge on any atom is -0.376 e. The highest BCUT2D eigenvalue weighted by Gasteiger charge is 2.37. The van der Waals surface area contributed by atoms with Gasteiger partial charge in [-0.05, 0) is 56.9 Å². The van der Waals surface area contributed by atoms with Crippen molar-refractivity contribution in [2.24, 2.45) is 5.92 Å². The van der Waals surface area contributed by atoms with Crippen LogP contribution in [0.2, 0.25) is 0 Å². The number of thioether (sulfide) groups is 1. The van der Waals surface area contributed by atoms with E-state index in [-0.39, 0.29) is 34.6 Å². The number of ether oxygens (including phenoxy) is 1. The summed E-state index contributed by atoms with van der Waals surface area (Å²) in [4.78, 5) is 27.3. The fourth-order valence-electron chi connectivity index (χ4n) is 4.80. The van der Waals surface area contributed by atoms with Crippen molar-refractivity contribution < 1.29 is 22.7 Å². The third-order valence-electron chi connectivity index (χ3n) is 6.74. The van der Waals surface area contributed by atoms with E-state index in [0.29, 0.717) is 38.0 Å². The van der Waals surface area contributed by atoms with Crippen molar-refractivity contribution in [1.29, 1.82) is 0 Å². The molecule has 0 N–H and O–H groups in total. The summed E-state index contributed by atoms with van der Waals surface area (Å²) >= 11 is 1.89. The van der Waals surface area contributed by atoms with Crippen molar-refractivity contribution in [3.63, 3.8) is 0 Å². The first-order valence-corrected chi connectivity index (χ1v) is 14.1. The lowest BCUT2D eigenvalue weighted by atomic mass is 9.95. The number of ketones is 1. The van der Waals surface area contributed by atoms with E-state index in [1.807, 2.05) is 16.7 Å². The van der Waals surface area contributed by atoms with Gasteiger partial charge in [-0.25, -0.2) is 8.42 Å². The molecule has 1 amide bonds. The predicted octanol–water partition coefficient (Wildman–Crippen LogP) is 2.80. The quantitative estimate of drug-likeness (QED) is 0.558. The summed E-state index contributed by atoms with van der Waals surface area (Å²) in [5, 5.41) is 0. The van der Waals surface area contributed by atoms with Crippen LogP contribution in [0.15, 0.2) is 29.2 Å². The molecule has 0 aromatic heterocycles. The van der Waals surface area contributed by atoms with Crippen LogP contribution < -0.4 is 0 Å². The van der Waals surface area contributed by atoms with E-state index in [4.69, 9.17) is 4.74 Å². The Balaban J connectivity index is 1.41. The van der Waals surface area contributed by atoms with E-state index in [1.165, 1.54) is 23.4 Å². The smallest absolute Gasteiger partial charge is 0.243 e. The van der Waals surface area contributed by atoms with Crippen LogP contribution in [0.5, 0.6) is 0 Å². The van der Waals surface area contributed by atoms with Crippen molar-refractivity contribution in [3.8, 4) is 0 Å². The van der Waals surface area contributed by atoms with Gasteiger partial charge in [-0.1, -0.05) is 12.1 Å². The van der Waals surface area contributed by atoms with E-state index in [0.717, 1.165) is 37.4 Å². The first-order valence-electron chi connectivity index (χ1n) is 11.5. The molecule has 0 bridgehead atoms. The third-order valence-corrected chi connectivity index (χ3v) is 9.77. The normalized spacial score (nSPS) is 25.2. The number of benzene rings is 1. The second kappa shape index (κ2) is 10.2. The first kappa shape index (κ1) is 23.7. The zero-order valence-corrected chi connectivity index (χ0v) is 20.2. The second-order valence-corrected chi connectivity index (χ2v) is 12.0. The Morgan fingerprint density at radius 2 is 1.97 bits per heavy atom. The van der Waals surface area contributed by atoms with Crippen LogP contribution in [0, 0.1) is 5.92 Å². The zero-order valence-electron chi connectivity index (χ0n) is 18.6. The van der Waals surface area contributed by atoms with Crippen LogP contribution in [0.25, 0.3) is 0 Å². The maximum absolute atomic E-state index is 13.5. The number of carbonyl (C=O) groups is 2. The molecule has 0 spiro atoms. The minimum atomic E-state index is -3.69. The molecule has 0 saturated carbocycles. The van der Waals surface area contributed by atoms with E-state index in [2.05, 4.69) is 0 Å². The largest absolute Gasteiger partial charge is 0.376 e. The average Bonchev–Trinajstić information content (AvgIpc) is 3.51. The van der Waals surface area contributed by atoms with Gasteiger partial charge in [-0.2, -0.15) is 16.1 Å². The maximum Gasteiger partial charge on any atom is 0.243 e. The van der Waals surface area contributed by atoms with Crippen LogP contribution in [0.3, 0.4) is 0 Å². The van der Waals surface area contributed by atoms with Crippen LogP contribution >= 0.6 is 11.8 Å². The van der Waals surface area contributed by atoms with Gasteiger partial charge in [0.05, 0.1) is 11.0 Å². The van der Waals surface area contributed by atoms with Crippen molar-refractivity contribution in [1.82, 2.24) is 9.21 Å². The SMILES string of the molecule is CC(=O)c1cccc(S(=O)(=O)N2CCC(C(=O)N(CC3CCCO3)C3CCSC3)CC2)c1. The Morgan fingerprint density at radius 3 is 2.59 bits per heavy atom. The van der Waals surface area contributed by atoms with Crippen molar-refractivity contribution >= 4 is 33.5 Å². The van der Waals surface area contributed by atoms with Gasteiger partial charge in [-0.3, -0.25) is 9.59 Å². The molecule has 3 saturated heterocycles. The number of Topliss-reactive ketones (excluding diaryl/α,β-unsaturated/α-hetero) is 1. The minimum absolute atomic E-state index is 0.124. The molecule has 3 heterocycles. The molecule has 3 aliphatic rings. The number of hydrogen-bond donors (Lipinski definition) is 0. The molecule has 0 radical (unpaired) electrons. The molecular formula is C23H32N2O5S2. The number of nitrogens with zero attached hydrogens (tertiary/aromatic N) is 2. The monoisotopic (exact) mass is 480 g/mol. The standard InChI is InChI=1S/C23H32N2O5S2/c1-17(26)19-4-2-6-22(14-19)32(28,29)24-10-7-18(8-11-24)23(27)25(20-9-13-31-16-20)15-21-5-3-12-30-21/h2,4,6,14,18,20-21H,3,5,7-13,15-16H2,1H3. The molecular weight excluding hydrogens is 448 g/mol. The van der Waals surface area contributed by atoms with E-state index in [9.17, 15) is 18.0 Å². The summed E-state index contributed by atoms with van der Waals surface area (Å²) in [5.41, 5.74) is 0.385. The van der Waals surface area contributed by atoms with Crippen LogP contribution in [-0.4, -0.2) is 79.2 Å². The molecule has 176 valence electrons. The van der Waals surface area contributed by atoms with Gasteiger partial charge in [-0.15, -0.1) is 0 Å². The highest BCUT2D eigenvalue weighted by atomic mass is 32.2. The predicted molar refractivity (Wildman–Crippen MR) is 124 cm³/mol. The molecule has 1 aromatic carbocycles. The number of amides is 1. The van der Waals surface area contributed by atoms with Crippen LogP contribution in [0.4, 0.5) is 0 Å². The molecule has 3 fully saturated rings. The number of sulfonamides is 1. The Morgan fingerprint density at radius 1 is 1.19 bits per heavy atom. The summed E-state index contributed by atoms with van der Waals surface area (Å²) in [6.45, 7) is 3.48. The van der Waals surface area contributed by atoms with E-state index in [1.54, 1.807) is 12.1 Å². The van der Waals surface area contributed by atoms with Gasteiger partial charge < -0.3 is 9.64 Å². The Hall–Kier alpha value is -1.42. The molecule has 32 heavy (non-hydrogen) atoms. The van der Waals surface area contributed by atoms with E-state index < -0.39 is 10.0 Å². The summed E-state index contributed by atoms with van der Waals surface area (Å²) in [6, 6.07) is 6.45. The van der Waals surface area contributed by atoms with Gasteiger partial charge in [0.25, 0.3) is 0 Å². The zero-order chi connectivity index (χ0) is 22.7. The second-order valence-electron chi connectivity index (χ2n) is 8.91. The van der Waals surface area contributed by atoms with Gasteiger partial charge in [0, 0.05) is 49.5 Å². The lowest BCUT2D eigenvalue weighted by Crippen LogP contribution is -2.50. The third kappa shape index (κ3) is 5.21. The summed E-state index contributed by atoms with van der Waals surface area (Å²) in [6.07, 6.45) is 4.23. The fourth-order valence-corrected chi connectivity index (χ4v) is 7.54. The van der Waals surface area contributed by atoms with Gasteiger partial charge in [0.2, 0.25) is 15.9 Å². The molecule has 2 atom stereocenters.